The molecule has 2 aromatic heterocycles. The minimum atomic E-state index is -0.991. The van der Waals surface area contributed by atoms with Crippen LogP contribution in [-0.2, 0) is 11.3 Å². The quantitative estimate of drug-likeness (QED) is 0.836. The zero-order valence-corrected chi connectivity index (χ0v) is 14.4. The number of carboxylic acid groups (broad SMARTS) is 1. The molecule has 2 rings (SSSR count). The first-order chi connectivity index (χ1) is 9.84. The molecule has 0 amide bonds. The summed E-state index contributed by atoms with van der Waals surface area (Å²) in [6.45, 7) is 6.09. The third kappa shape index (κ3) is 3.50. The molecular formula is C13H16BrN3O3S. The molecule has 8 heteroatoms. The smallest absolute Gasteiger partial charge is 0.323 e. The number of rotatable bonds is 6. The molecule has 0 radical (unpaired) electrons. The fraction of sp³-hybridized carbons (Fsp3) is 0.462. The van der Waals surface area contributed by atoms with Gasteiger partial charge in [-0.25, -0.2) is 0 Å². The van der Waals surface area contributed by atoms with E-state index in [0.29, 0.717) is 24.9 Å². The lowest BCUT2D eigenvalue weighted by Crippen LogP contribution is -2.49. The first-order valence-corrected chi connectivity index (χ1v) is 8.02. The molecule has 0 spiro atoms. The van der Waals surface area contributed by atoms with Crippen LogP contribution in [0.25, 0.3) is 10.8 Å². The number of thiophene rings is 1. The molecule has 0 saturated carbocycles. The molecule has 0 aliphatic rings. The largest absolute Gasteiger partial charge is 0.480 e. The van der Waals surface area contributed by atoms with Gasteiger partial charge in [0.25, 0.3) is 5.89 Å². The fourth-order valence-corrected chi connectivity index (χ4v) is 3.16. The van der Waals surface area contributed by atoms with E-state index in [0.717, 1.165) is 8.66 Å². The highest BCUT2D eigenvalue weighted by Crippen LogP contribution is 2.30. The summed E-state index contributed by atoms with van der Waals surface area (Å²) in [5, 5.41) is 17.3. The summed E-state index contributed by atoms with van der Waals surface area (Å²) in [5.41, 5.74) is -0.991. The van der Waals surface area contributed by atoms with Gasteiger partial charge in [0.1, 0.15) is 5.54 Å². The lowest BCUT2D eigenvalue weighted by molar-refractivity contribution is -0.149. The summed E-state index contributed by atoms with van der Waals surface area (Å²) in [5.74, 6) is -0.0261. The number of carboxylic acids is 1. The Morgan fingerprint density at radius 1 is 1.48 bits per heavy atom. The van der Waals surface area contributed by atoms with Gasteiger partial charge in [-0.15, -0.1) is 21.5 Å². The second-order valence-electron chi connectivity index (χ2n) is 4.98. The molecule has 2 heterocycles. The summed E-state index contributed by atoms with van der Waals surface area (Å²) in [7, 11) is 0. The number of carbonyl (C=O) groups is 1. The third-order valence-corrected chi connectivity index (χ3v) is 4.88. The van der Waals surface area contributed by atoms with E-state index in [1.807, 2.05) is 19.1 Å². The van der Waals surface area contributed by atoms with E-state index in [1.54, 1.807) is 18.7 Å². The van der Waals surface area contributed by atoms with Crippen LogP contribution < -0.4 is 0 Å². The molecule has 0 aliphatic carbocycles. The van der Waals surface area contributed by atoms with Crippen LogP contribution in [0, 0.1) is 0 Å². The Hall–Kier alpha value is -1.25. The van der Waals surface area contributed by atoms with Crippen molar-refractivity contribution < 1.29 is 14.3 Å². The monoisotopic (exact) mass is 373 g/mol. The van der Waals surface area contributed by atoms with Crippen molar-refractivity contribution in [3.05, 3.63) is 21.8 Å². The highest BCUT2D eigenvalue weighted by Gasteiger charge is 2.34. The summed E-state index contributed by atoms with van der Waals surface area (Å²) in [6, 6.07) is 3.81. The molecular weight excluding hydrogens is 358 g/mol. The lowest BCUT2D eigenvalue weighted by Gasteiger charge is -2.32. The summed E-state index contributed by atoms with van der Waals surface area (Å²) < 4.78 is 6.61. The van der Waals surface area contributed by atoms with Gasteiger partial charge in [0.15, 0.2) is 0 Å². The Kier molecular flexibility index (Phi) is 4.80. The van der Waals surface area contributed by atoms with Crippen molar-refractivity contribution in [1.82, 2.24) is 15.1 Å². The minimum Gasteiger partial charge on any atom is -0.480 e. The average molecular weight is 374 g/mol. The van der Waals surface area contributed by atoms with E-state index in [1.165, 1.54) is 11.3 Å². The van der Waals surface area contributed by atoms with Gasteiger partial charge in [0.05, 0.1) is 15.2 Å². The average Bonchev–Trinajstić information content (AvgIpc) is 3.04. The van der Waals surface area contributed by atoms with E-state index in [2.05, 4.69) is 26.1 Å². The van der Waals surface area contributed by atoms with Crippen LogP contribution in [0.4, 0.5) is 0 Å². The Morgan fingerprint density at radius 2 is 2.19 bits per heavy atom. The SMILES string of the molecule is CCN(Cc1nnc(-c2ccc(Br)s2)o1)C(C)(C)C(=O)O. The molecule has 0 atom stereocenters. The van der Waals surface area contributed by atoms with E-state index in [-0.39, 0.29) is 0 Å². The van der Waals surface area contributed by atoms with Gasteiger partial charge in [-0.1, -0.05) is 6.92 Å². The van der Waals surface area contributed by atoms with Crippen molar-refractivity contribution in [1.29, 1.82) is 0 Å². The van der Waals surface area contributed by atoms with Gasteiger partial charge in [-0.2, -0.15) is 0 Å². The van der Waals surface area contributed by atoms with Gasteiger partial charge in [0, 0.05) is 0 Å². The van der Waals surface area contributed by atoms with Gasteiger partial charge in [-0.3, -0.25) is 9.69 Å². The molecule has 21 heavy (non-hydrogen) atoms. The number of halogens is 1. The number of aliphatic carboxylic acids is 1. The first kappa shape index (κ1) is 16.1. The normalized spacial score (nSPS) is 12.0. The number of likely N-dealkylation sites (N-methyl/N-ethyl adjacent to an activating group) is 1. The van der Waals surface area contributed by atoms with Crippen LogP contribution >= 0.6 is 27.3 Å². The van der Waals surface area contributed by atoms with E-state index in [9.17, 15) is 9.90 Å². The van der Waals surface area contributed by atoms with Crippen molar-refractivity contribution in [3.8, 4) is 10.8 Å². The fourth-order valence-electron chi connectivity index (χ4n) is 1.85. The number of aromatic nitrogens is 2. The lowest BCUT2D eigenvalue weighted by atomic mass is 10.0. The predicted molar refractivity (Wildman–Crippen MR) is 83.1 cm³/mol. The summed E-state index contributed by atoms with van der Waals surface area (Å²) in [4.78, 5) is 14.0. The van der Waals surface area contributed by atoms with Gasteiger partial charge in [-0.05, 0) is 48.5 Å². The Balaban J connectivity index is 2.16. The summed E-state index contributed by atoms with van der Waals surface area (Å²) in [6.07, 6.45) is 0. The van der Waals surface area contributed by atoms with Crippen LogP contribution in [0.1, 0.15) is 26.7 Å². The van der Waals surface area contributed by atoms with Crippen molar-refractivity contribution >= 4 is 33.2 Å². The van der Waals surface area contributed by atoms with Gasteiger partial charge < -0.3 is 9.52 Å². The Bertz CT molecular complexity index is 638. The van der Waals surface area contributed by atoms with Crippen LogP contribution in [0.15, 0.2) is 20.3 Å². The maximum Gasteiger partial charge on any atom is 0.323 e. The highest BCUT2D eigenvalue weighted by molar-refractivity contribution is 9.11. The van der Waals surface area contributed by atoms with Crippen LogP contribution in [0.5, 0.6) is 0 Å². The van der Waals surface area contributed by atoms with E-state index >= 15 is 0 Å². The molecule has 0 fully saturated rings. The zero-order valence-electron chi connectivity index (χ0n) is 12.0. The maximum atomic E-state index is 11.3. The van der Waals surface area contributed by atoms with Crippen LogP contribution in [0.3, 0.4) is 0 Å². The number of hydrogen-bond donors (Lipinski definition) is 1. The molecule has 0 aliphatic heterocycles. The molecule has 114 valence electrons. The van der Waals surface area contributed by atoms with Crippen molar-refractivity contribution in [2.75, 3.05) is 6.54 Å². The second-order valence-corrected chi connectivity index (χ2v) is 7.45. The van der Waals surface area contributed by atoms with Crippen molar-refractivity contribution in [2.45, 2.75) is 32.9 Å². The first-order valence-electron chi connectivity index (χ1n) is 6.41. The van der Waals surface area contributed by atoms with Gasteiger partial charge in [0.2, 0.25) is 5.89 Å². The Labute approximate surface area is 134 Å². The van der Waals surface area contributed by atoms with E-state index in [4.69, 9.17) is 4.42 Å². The van der Waals surface area contributed by atoms with Gasteiger partial charge >= 0.3 is 5.97 Å². The van der Waals surface area contributed by atoms with E-state index < -0.39 is 11.5 Å². The third-order valence-electron chi connectivity index (χ3n) is 3.27. The topological polar surface area (TPSA) is 79.5 Å². The predicted octanol–water partition coefficient (Wildman–Crippen LogP) is 3.25. The summed E-state index contributed by atoms with van der Waals surface area (Å²) >= 11 is 4.89. The minimum absolute atomic E-state index is 0.301. The molecule has 6 nitrogen and oxygen atoms in total. The molecule has 0 aromatic carbocycles. The number of hydrogen-bond acceptors (Lipinski definition) is 6. The molecule has 0 saturated heterocycles. The maximum absolute atomic E-state index is 11.3. The zero-order chi connectivity index (χ0) is 15.6. The van der Waals surface area contributed by atoms with Crippen LogP contribution in [-0.4, -0.2) is 38.3 Å². The molecule has 2 aromatic rings. The van der Waals surface area contributed by atoms with Crippen molar-refractivity contribution in [2.24, 2.45) is 0 Å². The Morgan fingerprint density at radius 3 is 2.71 bits per heavy atom. The second kappa shape index (κ2) is 6.25. The molecule has 0 bridgehead atoms. The number of nitrogens with zero attached hydrogens (tertiary/aromatic N) is 3. The van der Waals surface area contributed by atoms with Crippen molar-refractivity contribution in [3.63, 3.8) is 0 Å². The molecule has 1 N–H and O–H groups in total. The van der Waals surface area contributed by atoms with Crippen LogP contribution in [0.2, 0.25) is 0 Å². The molecule has 0 unspecified atom stereocenters. The standard InChI is InChI=1S/C13H16BrN3O3S/c1-4-17(13(2,3)12(18)19)7-10-15-16-11(20-10)8-5-6-9(14)21-8/h5-6H,4,7H2,1-3H3,(H,18,19). The highest BCUT2D eigenvalue weighted by atomic mass is 79.9.